The van der Waals surface area contributed by atoms with E-state index in [0.29, 0.717) is 35.9 Å². The van der Waals surface area contributed by atoms with Crippen LogP contribution in [0.2, 0.25) is 0 Å². The van der Waals surface area contributed by atoms with Crippen molar-refractivity contribution in [1.82, 2.24) is 28.7 Å². The van der Waals surface area contributed by atoms with Crippen LogP contribution < -0.4 is 21.9 Å². The number of benzene rings is 1. The number of rotatable bonds is 19. The molecule has 3 aromatic heterocycles. The number of hydrogen-bond acceptors (Lipinski definition) is 8. The number of carboxylic acids is 1. The van der Waals surface area contributed by atoms with Crippen LogP contribution >= 0.6 is 0 Å². The van der Waals surface area contributed by atoms with E-state index < -0.39 is 17.2 Å². The monoisotopic (exact) mass is 754 g/mol. The number of carboxylic acid groups (broad SMARTS) is 1. The molecule has 1 aliphatic heterocycles. The highest BCUT2D eigenvalue weighted by atomic mass is 16.4. The number of fused-ring (bicyclic) bond motifs is 2. The molecule has 1 saturated heterocycles. The fourth-order valence-corrected chi connectivity index (χ4v) is 7.09. The van der Waals surface area contributed by atoms with Crippen LogP contribution in [0.15, 0.2) is 46.0 Å². The lowest BCUT2D eigenvalue weighted by Gasteiger charge is -2.31. The van der Waals surface area contributed by atoms with Crippen molar-refractivity contribution in [3.8, 4) is 11.8 Å². The number of allylic oxidation sites excluding steroid dienone is 2. The van der Waals surface area contributed by atoms with Crippen molar-refractivity contribution >= 4 is 34.0 Å². The number of nitrogens with zero attached hydrogens (tertiary/aromatic N) is 7. The molecule has 0 amide bonds. The maximum absolute atomic E-state index is 13.7. The average Bonchev–Trinajstić information content (AvgIpc) is 3.56. The number of anilines is 1. The topological polar surface area (TPSA) is 154 Å². The van der Waals surface area contributed by atoms with Gasteiger partial charge in [-0.05, 0) is 64.9 Å². The first-order valence-electron chi connectivity index (χ1n) is 20.3. The molecule has 0 bridgehead atoms. The Hall–Kier alpha value is -4.76. The van der Waals surface area contributed by atoms with Gasteiger partial charge in [0, 0.05) is 43.7 Å². The fraction of sp³-hybridized carbons (Fsp3) is 0.581. The molecule has 4 heterocycles. The average molecular weight is 755 g/mol. The maximum atomic E-state index is 13.7. The quantitative estimate of drug-likeness (QED) is 0.0572. The van der Waals surface area contributed by atoms with Crippen molar-refractivity contribution in [2.24, 2.45) is 12.8 Å². The molecule has 1 aromatic carbocycles. The first-order chi connectivity index (χ1) is 26.7. The molecule has 12 nitrogen and oxygen atoms in total. The van der Waals surface area contributed by atoms with Crippen LogP contribution in [0.25, 0.3) is 22.1 Å². The Morgan fingerprint density at radius 1 is 0.945 bits per heavy atom. The second-order valence-corrected chi connectivity index (χ2v) is 14.6. The van der Waals surface area contributed by atoms with Gasteiger partial charge in [-0.15, -0.1) is 5.92 Å². The van der Waals surface area contributed by atoms with Gasteiger partial charge in [-0.3, -0.25) is 23.3 Å². The van der Waals surface area contributed by atoms with Gasteiger partial charge in [0.05, 0.1) is 18.6 Å². The lowest BCUT2D eigenvalue weighted by Crippen LogP contribution is -2.44. The van der Waals surface area contributed by atoms with E-state index in [4.69, 9.17) is 15.8 Å². The Balaban J connectivity index is 0.000000289. The third kappa shape index (κ3) is 12.6. The molecule has 55 heavy (non-hydrogen) atoms. The highest BCUT2D eigenvalue weighted by molar-refractivity contribution is 5.80. The molecular weight excluding hydrogens is 693 g/mol. The molecule has 5 rings (SSSR count). The summed E-state index contributed by atoms with van der Waals surface area (Å²) in [5, 5.41) is 9.45. The molecule has 298 valence electrons. The SMILES string of the molecule is CC#CCn1c(N2CCC[C@@H](N)C2)nc2c1c(=O)n(Cc1nc(C)c3ccccc3n1)c(=O)n2C.CCCCCCCC/C=C\CCCCCCCC(=O)O. The summed E-state index contributed by atoms with van der Waals surface area (Å²) in [7, 11) is 1.63. The lowest BCUT2D eigenvalue weighted by atomic mass is 10.1. The highest BCUT2D eigenvalue weighted by Gasteiger charge is 2.26. The van der Waals surface area contributed by atoms with Crippen LogP contribution in [0.3, 0.4) is 0 Å². The summed E-state index contributed by atoms with van der Waals surface area (Å²) >= 11 is 0. The molecule has 1 aliphatic rings. The van der Waals surface area contributed by atoms with Gasteiger partial charge in [-0.1, -0.05) is 94.6 Å². The lowest BCUT2D eigenvalue weighted by molar-refractivity contribution is -0.137. The number of carbonyl (C=O) groups is 1. The van der Waals surface area contributed by atoms with E-state index >= 15 is 0 Å². The number of piperidine rings is 1. The first-order valence-corrected chi connectivity index (χ1v) is 20.3. The summed E-state index contributed by atoms with van der Waals surface area (Å²) in [4.78, 5) is 53.3. The van der Waals surface area contributed by atoms with Crippen molar-refractivity contribution in [3.63, 3.8) is 0 Å². The van der Waals surface area contributed by atoms with E-state index in [0.717, 1.165) is 48.8 Å². The van der Waals surface area contributed by atoms with Gasteiger partial charge in [0.1, 0.15) is 5.82 Å². The molecule has 12 heteroatoms. The largest absolute Gasteiger partial charge is 0.481 e. The number of imidazole rings is 1. The summed E-state index contributed by atoms with van der Waals surface area (Å²) in [6.07, 6.45) is 23.1. The Labute approximate surface area is 325 Å². The van der Waals surface area contributed by atoms with Gasteiger partial charge in [0.25, 0.3) is 5.56 Å². The number of hydrogen-bond donors (Lipinski definition) is 2. The summed E-state index contributed by atoms with van der Waals surface area (Å²) in [5.41, 5.74) is 7.54. The maximum Gasteiger partial charge on any atom is 0.332 e. The van der Waals surface area contributed by atoms with Gasteiger partial charge in [0.2, 0.25) is 5.95 Å². The molecule has 0 aliphatic carbocycles. The summed E-state index contributed by atoms with van der Waals surface area (Å²) < 4.78 is 4.39. The van der Waals surface area contributed by atoms with Crippen LogP contribution in [0, 0.1) is 18.8 Å². The van der Waals surface area contributed by atoms with Gasteiger partial charge < -0.3 is 15.7 Å². The van der Waals surface area contributed by atoms with Crippen LogP contribution in [0.1, 0.15) is 128 Å². The minimum atomic E-state index is -0.664. The van der Waals surface area contributed by atoms with Gasteiger partial charge in [-0.25, -0.2) is 14.8 Å². The molecule has 0 spiro atoms. The Kier molecular flexibility index (Phi) is 17.6. The summed E-state index contributed by atoms with van der Waals surface area (Å²) in [6, 6.07) is 7.71. The van der Waals surface area contributed by atoms with E-state index in [-0.39, 0.29) is 19.1 Å². The number of aryl methyl sites for hydroxylation is 2. The number of nitrogens with two attached hydrogens (primary N) is 1. The van der Waals surface area contributed by atoms with Crippen molar-refractivity contribution < 1.29 is 9.90 Å². The third-order valence-electron chi connectivity index (χ3n) is 10.2. The predicted molar refractivity (Wildman–Crippen MR) is 223 cm³/mol. The standard InChI is InChI=1S/C25H28N8O2.C18H34O2/c1-4-5-13-32-21-22(29-24(32)31-12-8-9-17(26)14-31)30(3)25(35)33(23(21)34)15-20-27-16(2)18-10-6-7-11-19(18)28-20;1-2-3-4-5-6-7-8-9-10-11-12-13-14-15-16-17-18(19)20/h6-7,10-11,17H,8-9,12-15,26H2,1-3H3;9-10H,2-8,11-17H2,1H3,(H,19,20)/b;10-9-/t17-;/m1./s1. The minimum absolute atomic E-state index is 0.0306. The number of unbranched alkanes of at least 4 members (excludes halogenated alkanes) is 11. The van der Waals surface area contributed by atoms with Gasteiger partial charge in [0.15, 0.2) is 11.2 Å². The van der Waals surface area contributed by atoms with E-state index in [2.05, 4.69) is 45.8 Å². The smallest absolute Gasteiger partial charge is 0.332 e. The van der Waals surface area contributed by atoms with Crippen LogP contribution in [-0.2, 0) is 24.9 Å². The fourth-order valence-electron chi connectivity index (χ4n) is 7.09. The van der Waals surface area contributed by atoms with Crippen molar-refractivity contribution in [1.29, 1.82) is 0 Å². The Bertz CT molecular complexity index is 2050. The summed E-state index contributed by atoms with van der Waals surface area (Å²) in [6.45, 7) is 7.57. The van der Waals surface area contributed by atoms with Gasteiger partial charge in [-0.2, -0.15) is 4.98 Å². The van der Waals surface area contributed by atoms with Crippen LogP contribution in [0.5, 0.6) is 0 Å². The molecular formula is C43H62N8O4. The normalized spacial score (nSPS) is 14.3. The highest BCUT2D eigenvalue weighted by Crippen LogP contribution is 2.23. The van der Waals surface area contributed by atoms with Crippen LogP contribution in [-0.4, -0.2) is 58.9 Å². The van der Waals surface area contributed by atoms with E-state index in [1.807, 2.05) is 31.2 Å². The Morgan fingerprint density at radius 3 is 2.29 bits per heavy atom. The number of para-hydroxylation sites is 1. The molecule has 0 unspecified atom stereocenters. The summed E-state index contributed by atoms with van der Waals surface area (Å²) in [5.74, 6) is 6.29. The Morgan fingerprint density at radius 2 is 1.62 bits per heavy atom. The first kappa shape index (κ1) is 43.0. The van der Waals surface area contributed by atoms with Crippen molar-refractivity contribution in [2.75, 3.05) is 18.0 Å². The van der Waals surface area contributed by atoms with Crippen molar-refractivity contribution in [2.45, 2.75) is 143 Å². The molecule has 4 aromatic rings. The minimum Gasteiger partial charge on any atom is -0.481 e. The molecule has 1 fully saturated rings. The third-order valence-corrected chi connectivity index (χ3v) is 10.2. The predicted octanol–water partition coefficient (Wildman–Crippen LogP) is 7.26. The van der Waals surface area contributed by atoms with E-state index in [9.17, 15) is 14.4 Å². The zero-order valence-electron chi connectivity index (χ0n) is 33.6. The van der Waals surface area contributed by atoms with E-state index in [1.165, 1.54) is 79.8 Å². The van der Waals surface area contributed by atoms with E-state index in [1.54, 1.807) is 18.5 Å². The second kappa shape index (κ2) is 22.6. The zero-order chi connectivity index (χ0) is 39.6. The molecule has 3 N–H and O–H groups in total. The molecule has 1 atom stereocenters. The van der Waals surface area contributed by atoms with Gasteiger partial charge >= 0.3 is 11.7 Å². The van der Waals surface area contributed by atoms with Crippen molar-refractivity contribution in [3.05, 3.63) is 68.8 Å². The molecule has 0 radical (unpaired) electrons. The zero-order valence-corrected chi connectivity index (χ0v) is 33.6. The number of aliphatic carboxylic acids is 1. The van der Waals surface area contributed by atoms with Crippen LogP contribution in [0.4, 0.5) is 5.95 Å². The second-order valence-electron chi connectivity index (χ2n) is 14.6. The molecule has 0 saturated carbocycles. The number of aromatic nitrogens is 6.